The van der Waals surface area contributed by atoms with E-state index < -0.39 is 12.2 Å². The second-order valence-corrected chi connectivity index (χ2v) is 4.70. The second-order valence-electron chi connectivity index (χ2n) is 4.70. The van der Waals surface area contributed by atoms with Gasteiger partial charge in [-0.2, -0.15) is 0 Å². The fraction of sp³-hybridized carbons (Fsp3) is 0.909. The lowest BCUT2D eigenvalue weighted by atomic mass is 9.89. The molecule has 0 aliphatic heterocycles. The summed E-state index contributed by atoms with van der Waals surface area (Å²) in [6.07, 6.45) is -1.19. The number of hydrogen-bond acceptors (Lipinski definition) is 5. The molecule has 6 heteroatoms. The van der Waals surface area contributed by atoms with Gasteiger partial charge in [0.05, 0.1) is 33.0 Å². The van der Waals surface area contributed by atoms with E-state index in [4.69, 9.17) is 25.1 Å². The molecular formula is C11H23NO5. The van der Waals surface area contributed by atoms with Gasteiger partial charge in [-0.05, 0) is 0 Å². The number of hydrogen-bond donors (Lipinski definition) is 2. The average molecular weight is 249 g/mol. The lowest BCUT2D eigenvalue weighted by Crippen LogP contribution is -2.37. The van der Waals surface area contributed by atoms with Gasteiger partial charge in [0.2, 0.25) is 0 Å². The lowest BCUT2D eigenvalue weighted by Gasteiger charge is -2.29. The molecule has 0 radical (unpaired) electrons. The van der Waals surface area contributed by atoms with E-state index >= 15 is 0 Å². The van der Waals surface area contributed by atoms with Crippen molar-refractivity contribution in [1.29, 1.82) is 0 Å². The van der Waals surface area contributed by atoms with Crippen molar-refractivity contribution in [3.8, 4) is 0 Å². The van der Waals surface area contributed by atoms with Gasteiger partial charge in [-0.3, -0.25) is 0 Å². The van der Waals surface area contributed by atoms with Crippen molar-refractivity contribution in [2.24, 2.45) is 11.1 Å². The minimum atomic E-state index is -0.801. The van der Waals surface area contributed by atoms with Crippen LogP contribution in [0.2, 0.25) is 0 Å². The summed E-state index contributed by atoms with van der Waals surface area (Å²) in [6, 6.07) is 0. The largest absolute Gasteiger partial charge is 0.443 e. The number of aliphatic hydroxyl groups excluding tert-OH is 1. The number of nitrogens with two attached hydrogens (primary N) is 1. The lowest BCUT2D eigenvalue weighted by molar-refractivity contribution is -0.0430. The summed E-state index contributed by atoms with van der Waals surface area (Å²) in [6.45, 7) is 7.15. The highest BCUT2D eigenvalue weighted by molar-refractivity contribution is 5.64. The van der Waals surface area contributed by atoms with Crippen molar-refractivity contribution in [3.63, 3.8) is 0 Å². The van der Waals surface area contributed by atoms with Crippen LogP contribution in [0, 0.1) is 5.41 Å². The quantitative estimate of drug-likeness (QED) is 0.612. The molecule has 3 N–H and O–H groups in total. The number of carbonyl (C=O) groups is 1. The molecule has 102 valence electrons. The topological polar surface area (TPSA) is 91.0 Å². The highest BCUT2D eigenvalue weighted by Gasteiger charge is 2.27. The Kier molecular flexibility index (Phi) is 7.86. The van der Waals surface area contributed by atoms with Crippen molar-refractivity contribution in [3.05, 3.63) is 0 Å². The molecule has 0 saturated heterocycles. The number of primary amides is 1. The summed E-state index contributed by atoms with van der Waals surface area (Å²) >= 11 is 0. The first-order valence-electron chi connectivity index (χ1n) is 5.60. The van der Waals surface area contributed by atoms with Gasteiger partial charge in [0.15, 0.2) is 0 Å². The smallest absolute Gasteiger partial charge is 0.404 e. The second kappa shape index (κ2) is 8.27. The van der Waals surface area contributed by atoms with Gasteiger partial charge in [-0.25, -0.2) is 4.79 Å². The van der Waals surface area contributed by atoms with Crippen LogP contribution >= 0.6 is 0 Å². The molecule has 1 atom stereocenters. The van der Waals surface area contributed by atoms with Crippen LogP contribution in [-0.4, -0.2) is 50.3 Å². The Morgan fingerprint density at radius 3 is 2.29 bits per heavy atom. The molecule has 1 unspecified atom stereocenters. The van der Waals surface area contributed by atoms with Gasteiger partial charge in [0.25, 0.3) is 0 Å². The molecule has 0 aromatic carbocycles. The zero-order chi connectivity index (χ0) is 13.3. The number of carbonyl (C=O) groups excluding carboxylic acids is 1. The Morgan fingerprint density at radius 1 is 1.24 bits per heavy atom. The standard InChI is InChI=1S/C11H23NO5/c1-11(2,3)9(17-10(12)14)8-16-7-6-15-5-4-13/h9,13H,4-8H2,1-3H3,(H2,12,14). The molecule has 0 spiro atoms. The zero-order valence-electron chi connectivity index (χ0n) is 10.8. The van der Waals surface area contributed by atoms with E-state index in [0.717, 1.165) is 0 Å². The normalized spacial score (nSPS) is 13.4. The molecule has 0 fully saturated rings. The number of amides is 1. The minimum Gasteiger partial charge on any atom is -0.443 e. The van der Waals surface area contributed by atoms with Gasteiger partial charge in [-0.15, -0.1) is 0 Å². The Labute approximate surface area is 102 Å². The highest BCUT2D eigenvalue weighted by atomic mass is 16.6. The van der Waals surface area contributed by atoms with E-state index in [-0.39, 0.29) is 18.6 Å². The third-order valence-corrected chi connectivity index (χ3v) is 2.10. The first-order chi connectivity index (χ1) is 7.88. The van der Waals surface area contributed by atoms with E-state index in [1.54, 1.807) is 0 Å². The molecule has 1 amide bonds. The molecule has 0 aliphatic carbocycles. The average Bonchev–Trinajstić information content (AvgIpc) is 2.19. The Bertz CT molecular complexity index is 214. The Morgan fingerprint density at radius 2 is 1.82 bits per heavy atom. The summed E-state index contributed by atoms with van der Waals surface area (Å²) in [5.41, 5.74) is 4.76. The molecule has 0 aromatic rings. The maximum absolute atomic E-state index is 10.7. The molecule has 0 saturated carbocycles. The van der Waals surface area contributed by atoms with E-state index in [9.17, 15) is 4.79 Å². The van der Waals surface area contributed by atoms with E-state index in [0.29, 0.717) is 19.8 Å². The Hall–Kier alpha value is -0.850. The predicted molar refractivity (Wildman–Crippen MR) is 62.6 cm³/mol. The fourth-order valence-corrected chi connectivity index (χ4v) is 1.08. The summed E-state index contributed by atoms with van der Waals surface area (Å²) in [4.78, 5) is 10.7. The van der Waals surface area contributed by atoms with Gasteiger partial charge in [0.1, 0.15) is 6.10 Å². The molecule has 0 aliphatic rings. The van der Waals surface area contributed by atoms with Crippen LogP contribution in [0.3, 0.4) is 0 Å². The molecule has 6 nitrogen and oxygen atoms in total. The number of ether oxygens (including phenoxy) is 3. The van der Waals surface area contributed by atoms with E-state index in [2.05, 4.69) is 0 Å². The van der Waals surface area contributed by atoms with E-state index in [1.807, 2.05) is 20.8 Å². The third kappa shape index (κ3) is 8.91. The van der Waals surface area contributed by atoms with Crippen molar-refractivity contribution in [2.75, 3.05) is 33.0 Å². The SMILES string of the molecule is CC(C)(C)C(COCCOCCO)OC(N)=O. The summed E-state index contributed by atoms with van der Waals surface area (Å²) < 4.78 is 15.3. The highest BCUT2D eigenvalue weighted by Crippen LogP contribution is 2.22. The molecule has 0 heterocycles. The van der Waals surface area contributed by atoms with E-state index in [1.165, 1.54) is 0 Å². The molecular weight excluding hydrogens is 226 g/mol. The maximum atomic E-state index is 10.7. The molecule has 0 bridgehead atoms. The molecule has 0 aromatic heterocycles. The van der Waals surface area contributed by atoms with Gasteiger partial charge in [-0.1, -0.05) is 20.8 Å². The zero-order valence-corrected chi connectivity index (χ0v) is 10.8. The summed E-state index contributed by atoms with van der Waals surface area (Å²) in [7, 11) is 0. The van der Waals surface area contributed by atoms with Gasteiger partial charge in [0, 0.05) is 5.41 Å². The van der Waals surface area contributed by atoms with Crippen LogP contribution < -0.4 is 5.73 Å². The summed E-state index contributed by atoms with van der Waals surface area (Å²) in [5, 5.41) is 8.48. The van der Waals surface area contributed by atoms with Crippen molar-refractivity contribution in [2.45, 2.75) is 26.9 Å². The monoisotopic (exact) mass is 249 g/mol. The molecule has 17 heavy (non-hydrogen) atoms. The van der Waals surface area contributed by atoms with Crippen LogP contribution in [0.15, 0.2) is 0 Å². The van der Waals surface area contributed by atoms with Crippen LogP contribution in [0.5, 0.6) is 0 Å². The first kappa shape index (κ1) is 16.1. The van der Waals surface area contributed by atoms with Crippen LogP contribution in [-0.2, 0) is 14.2 Å². The third-order valence-electron chi connectivity index (χ3n) is 2.10. The van der Waals surface area contributed by atoms with Crippen LogP contribution in [0.25, 0.3) is 0 Å². The number of rotatable bonds is 8. The number of aliphatic hydroxyl groups is 1. The van der Waals surface area contributed by atoms with Crippen LogP contribution in [0.4, 0.5) is 4.79 Å². The fourth-order valence-electron chi connectivity index (χ4n) is 1.08. The maximum Gasteiger partial charge on any atom is 0.404 e. The predicted octanol–water partition coefficient (Wildman–Crippen LogP) is 0.522. The van der Waals surface area contributed by atoms with Crippen LogP contribution in [0.1, 0.15) is 20.8 Å². The first-order valence-corrected chi connectivity index (χ1v) is 5.60. The van der Waals surface area contributed by atoms with Gasteiger partial charge < -0.3 is 25.1 Å². The van der Waals surface area contributed by atoms with Crippen molar-refractivity contribution in [1.82, 2.24) is 0 Å². The summed E-state index contributed by atoms with van der Waals surface area (Å²) in [5.74, 6) is 0. The van der Waals surface area contributed by atoms with Gasteiger partial charge >= 0.3 is 6.09 Å². The minimum absolute atomic E-state index is 0.00456. The Balaban J connectivity index is 3.81. The molecule has 0 rings (SSSR count). The van der Waals surface area contributed by atoms with Crippen molar-refractivity contribution < 1.29 is 24.1 Å². The van der Waals surface area contributed by atoms with Crippen molar-refractivity contribution >= 4 is 6.09 Å².